The number of aryl methyl sites for hydroxylation is 1. The van der Waals surface area contributed by atoms with E-state index < -0.39 is 6.10 Å². The van der Waals surface area contributed by atoms with Crippen LogP contribution in [0.5, 0.6) is 0 Å². The maximum absolute atomic E-state index is 10.2. The molecule has 0 aliphatic carbocycles. The van der Waals surface area contributed by atoms with Gasteiger partial charge in [-0.05, 0) is 58.2 Å². The summed E-state index contributed by atoms with van der Waals surface area (Å²) >= 11 is 6.91. The van der Waals surface area contributed by atoms with Crippen LogP contribution in [0.15, 0.2) is 51.4 Å². The van der Waals surface area contributed by atoms with E-state index in [-0.39, 0.29) is 0 Å². The third-order valence-corrected chi connectivity index (χ3v) is 4.03. The number of rotatable bonds is 4. The average molecular weight is 385 g/mol. The summed E-state index contributed by atoms with van der Waals surface area (Å²) in [6.45, 7) is 2.51. The molecule has 19 heavy (non-hydrogen) atoms. The molecule has 0 aliphatic rings. The van der Waals surface area contributed by atoms with Gasteiger partial charge in [-0.25, -0.2) is 0 Å². The summed E-state index contributed by atoms with van der Waals surface area (Å²) < 4.78 is 1.97. The maximum atomic E-state index is 10.2. The summed E-state index contributed by atoms with van der Waals surface area (Å²) in [5.74, 6) is 0. The minimum Gasteiger partial charge on any atom is -0.387 e. The molecule has 0 heterocycles. The van der Waals surface area contributed by atoms with Crippen LogP contribution in [0.25, 0.3) is 0 Å². The molecule has 0 amide bonds. The van der Waals surface area contributed by atoms with Crippen LogP contribution in [0.4, 0.5) is 5.69 Å². The van der Waals surface area contributed by atoms with Gasteiger partial charge in [0.15, 0.2) is 0 Å². The van der Waals surface area contributed by atoms with E-state index in [4.69, 9.17) is 0 Å². The van der Waals surface area contributed by atoms with Crippen molar-refractivity contribution in [3.63, 3.8) is 0 Å². The smallest absolute Gasteiger partial charge is 0.0962 e. The van der Waals surface area contributed by atoms with Crippen molar-refractivity contribution < 1.29 is 5.11 Å². The lowest BCUT2D eigenvalue weighted by Gasteiger charge is -2.15. The molecular weight excluding hydrogens is 370 g/mol. The van der Waals surface area contributed by atoms with E-state index in [2.05, 4.69) is 43.2 Å². The number of anilines is 1. The molecule has 1 unspecified atom stereocenters. The predicted octanol–water partition coefficient (Wildman–Crippen LogP) is 4.67. The van der Waals surface area contributed by atoms with Crippen LogP contribution < -0.4 is 5.32 Å². The van der Waals surface area contributed by atoms with Gasteiger partial charge in [-0.2, -0.15) is 0 Å². The molecule has 0 radical (unpaired) electrons. The number of halogens is 2. The third-order valence-electron chi connectivity index (χ3n) is 2.84. The van der Waals surface area contributed by atoms with Gasteiger partial charge in [0.1, 0.15) is 0 Å². The maximum Gasteiger partial charge on any atom is 0.0962 e. The van der Waals surface area contributed by atoms with Gasteiger partial charge in [0.25, 0.3) is 0 Å². The summed E-state index contributed by atoms with van der Waals surface area (Å²) in [7, 11) is 0. The molecule has 2 N–H and O–H groups in total. The Bertz CT molecular complexity index is 572. The molecule has 0 bridgehead atoms. The van der Waals surface area contributed by atoms with Gasteiger partial charge in [0.2, 0.25) is 0 Å². The number of aliphatic hydroxyl groups excluding tert-OH is 1. The van der Waals surface area contributed by atoms with Gasteiger partial charge in [-0.3, -0.25) is 0 Å². The van der Waals surface area contributed by atoms with Crippen molar-refractivity contribution in [3.8, 4) is 0 Å². The van der Waals surface area contributed by atoms with Crippen molar-refractivity contribution in [1.29, 1.82) is 0 Å². The summed E-state index contributed by atoms with van der Waals surface area (Å²) in [6.07, 6.45) is -0.537. The van der Waals surface area contributed by atoms with Crippen LogP contribution in [0, 0.1) is 6.92 Å². The highest BCUT2D eigenvalue weighted by molar-refractivity contribution is 9.10. The SMILES string of the molecule is Cc1ccc(Br)c(NCC(O)c2cccc(Br)c2)c1. The molecule has 2 rings (SSSR count). The molecule has 1 atom stereocenters. The summed E-state index contributed by atoms with van der Waals surface area (Å²) in [5, 5.41) is 13.4. The number of hydrogen-bond donors (Lipinski definition) is 2. The van der Waals surface area contributed by atoms with E-state index >= 15 is 0 Å². The highest BCUT2D eigenvalue weighted by Gasteiger charge is 2.08. The van der Waals surface area contributed by atoms with Crippen LogP contribution in [0.2, 0.25) is 0 Å². The van der Waals surface area contributed by atoms with E-state index in [0.29, 0.717) is 6.54 Å². The summed E-state index contributed by atoms with van der Waals surface area (Å²) in [6, 6.07) is 13.8. The molecule has 0 saturated carbocycles. The van der Waals surface area contributed by atoms with Crippen molar-refractivity contribution in [1.82, 2.24) is 0 Å². The van der Waals surface area contributed by atoms with E-state index in [0.717, 1.165) is 20.2 Å². The Morgan fingerprint density at radius 2 is 1.95 bits per heavy atom. The van der Waals surface area contributed by atoms with E-state index in [1.807, 2.05) is 43.3 Å². The Morgan fingerprint density at radius 1 is 1.16 bits per heavy atom. The van der Waals surface area contributed by atoms with Gasteiger partial charge in [-0.15, -0.1) is 0 Å². The molecule has 100 valence electrons. The molecule has 2 aromatic rings. The first-order valence-electron chi connectivity index (χ1n) is 6.00. The third kappa shape index (κ3) is 4.06. The normalized spacial score (nSPS) is 12.2. The molecule has 0 aliphatic heterocycles. The highest BCUT2D eigenvalue weighted by Crippen LogP contribution is 2.25. The predicted molar refractivity (Wildman–Crippen MR) is 86.5 cm³/mol. The van der Waals surface area contributed by atoms with Gasteiger partial charge in [-0.1, -0.05) is 34.1 Å². The Hall–Kier alpha value is -0.840. The Labute approximate surface area is 130 Å². The molecule has 0 fully saturated rings. The number of benzene rings is 2. The first kappa shape index (κ1) is 14.6. The van der Waals surface area contributed by atoms with Crippen molar-refractivity contribution in [3.05, 3.63) is 62.5 Å². The molecule has 4 heteroatoms. The lowest BCUT2D eigenvalue weighted by Crippen LogP contribution is -2.12. The minimum absolute atomic E-state index is 0.471. The zero-order chi connectivity index (χ0) is 13.8. The Morgan fingerprint density at radius 3 is 2.68 bits per heavy atom. The van der Waals surface area contributed by atoms with Crippen LogP contribution in [-0.4, -0.2) is 11.7 Å². The van der Waals surface area contributed by atoms with Crippen LogP contribution >= 0.6 is 31.9 Å². The largest absolute Gasteiger partial charge is 0.387 e. The van der Waals surface area contributed by atoms with Crippen molar-refractivity contribution >= 4 is 37.5 Å². The summed E-state index contributed by atoms with van der Waals surface area (Å²) in [4.78, 5) is 0. The van der Waals surface area contributed by atoms with Crippen molar-refractivity contribution in [2.45, 2.75) is 13.0 Å². The van der Waals surface area contributed by atoms with Crippen molar-refractivity contribution in [2.75, 3.05) is 11.9 Å². The second-order valence-corrected chi connectivity index (χ2v) is 6.21. The zero-order valence-corrected chi connectivity index (χ0v) is 13.7. The van der Waals surface area contributed by atoms with Crippen molar-refractivity contribution in [2.24, 2.45) is 0 Å². The summed E-state index contributed by atoms with van der Waals surface area (Å²) in [5.41, 5.74) is 3.07. The van der Waals surface area contributed by atoms with Crippen LogP contribution in [0.1, 0.15) is 17.2 Å². The fourth-order valence-electron chi connectivity index (χ4n) is 1.81. The monoisotopic (exact) mass is 383 g/mol. The minimum atomic E-state index is -0.537. The van der Waals surface area contributed by atoms with E-state index in [9.17, 15) is 5.11 Å². The number of hydrogen-bond acceptors (Lipinski definition) is 2. The molecule has 0 aromatic heterocycles. The molecule has 0 saturated heterocycles. The fourth-order valence-corrected chi connectivity index (χ4v) is 2.62. The van der Waals surface area contributed by atoms with Gasteiger partial charge >= 0.3 is 0 Å². The van der Waals surface area contributed by atoms with Gasteiger partial charge < -0.3 is 10.4 Å². The first-order valence-corrected chi connectivity index (χ1v) is 7.58. The van der Waals surface area contributed by atoms with E-state index in [1.54, 1.807) is 0 Å². The average Bonchev–Trinajstić information content (AvgIpc) is 2.39. The van der Waals surface area contributed by atoms with Crippen LogP contribution in [-0.2, 0) is 0 Å². The Kier molecular flexibility index (Phi) is 5.02. The quantitative estimate of drug-likeness (QED) is 0.802. The standard InChI is InChI=1S/C15H15Br2NO/c1-10-5-6-13(17)14(7-10)18-9-15(19)11-3-2-4-12(16)8-11/h2-8,15,18-19H,9H2,1H3. The topological polar surface area (TPSA) is 32.3 Å². The van der Waals surface area contributed by atoms with Crippen LogP contribution in [0.3, 0.4) is 0 Å². The molecule has 2 nitrogen and oxygen atoms in total. The number of aliphatic hydroxyl groups is 1. The zero-order valence-electron chi connectivity index (χ0n) is 10.5. The second-order valence-electron chi connectivity index (χ2n) is 4.44. The Balaban J connectivity index is 2.04. The van der Waals surface area contributed by atoms with Gasteiger partial charge in [0.05, 0.1) is 6.10 Å². The number of nitrogens with one attached hydrogen (secondary N) is 1. The second kappa shape index (κ2) is 6.55. The van der Waals surface area contributed by atoms with Gasteiger partial charge in [0, 0.05) is 21.2 Å². The first-order chi connectivity index (χ1) is 9.06. The lowest BCUT2D eigenvalue weighted by molar-refractivity contribution is 0.191. The molecule has 0 spiro atoms. The highest BCUT2D eigenvalue weighted by atomic mass is 79.9. The molecular formula is C15H15Br2NO. The molecule has 2 aromatic carbocycles. The lowest BCUT2D eigenvalue weighted by atomic mass is 10.1. The fraction of sp³-hybridized carbons (Fsp3) is 0.200. The van der Waals surface area contributed by atoms with E-state index in [1.165, 1.54) is 5.56 Å².